The van der Waals surface area contributed by atoms with Crippen molar-refractivity contribution in [2.75, 3.05) is 0 Å². The Bertz CT molecular complexity index is 727. The molecule has 1 aromatic heterocycles. The fourth-order valence-electron chi connectivity index (χ4n) is 1.69. The second-order valence-electron chi connectivity index (χ2n) is 3.44. The Morgan fingerprint density at radius 3 is 2.38 bits per heavy atom. The maximum absolute atomic E-state index is 11.7. The molecule has 0 aliphatic heterocycles. The minimum Gasteiger partial charge on any atom is -0.284 e. The number of rotatable bonds is 1. The summed E-state index contributed by atoms with van der Waals surface area (Å²) in [5, 5.41) is 0.340. The Labute approximate surface area is 96.3 Å². The topological polar surface area (TPSA) is 61.1 Å². The summed E-state index contributed by atoms with van der Waals surface area (Å²) in [7, 11) is 4.63. The summed E-state index contributed by atoms with van der Waals surface area (Å²) in [5.74, 6) is 0. The summed E-state index contributed by atoms with van der Waals surface area (Å²) in [6, 6.07) is 4.45. The van der Waals surface area contributed by atoms with Gasteiger partial charge in [-0.1, -0.05) is 6.07 Å². The first-order valence-corrected chi connectivity index (χ1v) is 6.74. The molecule has 1 aromatic carbocycles. The van der Waals surface area contributed by atoms with Crippen LogP contribution in [0, 0.1) is 0 Å². The number of nitrogens with zero attached hydrogens (tertiary/aromatic N) is 2. The van der Waals surface area contributed by atoms with Crippen LogP contribution in [0.25, 0.3) is 10.9 Å². The highest BCUT2D eigenvalue weighted by Crippen LogP contribution is 2.23. The summed E-state index contributed by atoms with van der Waals surface area (Å²) in [6.45, 7) is 0. The largest absolute Gasteiger partial charge is 0.284 e. The van der Waals surface area contributed by atoms with Gasteiger partial charge < -0.3 is 0 Å². The molecule has 0 fully saturated rings. The van der Waals surface area contributed by atoms with Gasteiger partial charge in [0.15, 0.2) is 0 Å². The van der Waals surface area contributed by atoms with Crippen LogP contribution < -0.4 is 5.56 Å². The van der Waals surface area contributed by atoms with Crippen LogP contribution in [0.2, 0.25) is 0 Å². The molecule has 0 radical (unpaired) electrons. The van der Waals surface area contributed by atoms with Gasteiger partial charge in [-0.15, -0.1) is 0 Å². The monoisotopic (exact) mass is 260 g/mol. The first-order valence-electron chi connectivity index (χ1n) is 4.43. The van der Waals surface area contributed by atoms with Gasteiger partial charge in [0, 0.05) is 24.8 Å². The summed E-state index contributed by atoms with van der Waals surface area (Å²) in [6.07, 6.45) is 0. The summed E-state index contributed by atoms with van der Waals surface area (Å²) in [5.41, 5.74) is 0.0738. The molecule has 16 heavy (non-hydrogen) atoms. The quantitative estimate of drug-likeness (QED) is 0.713. The van der Waals surface area contributed by atoms with E-state index in [4.69, 9.17) is 10.7 Å². The van der Waals surface area contributed by atoms with Gasteiger partial charge in [0.05, 0.1) is 10.9 Å². The van der Waals surface area contributed by atoms with Crippen molar-refractivity contribution in [2.24, 2.45) is 14.1 Å². The third-order valence-corrected chi connectivity index (χ3v) is 3.91. The van der Waals surface area contributed by atoms with Crippen molar-refractivity contribution in [3.63, 3.8) is 0 Å². The summed E-state index contributed by atoms with van der Waals surface area (Å²) < 4.78 is 25.5. The van der Waals surface area contributed by atoms with Gasteiger partial charge in [0.1, 0.15) is 4.90 Å². The Hall–Kier alpha value is -1.27. The van der Waals surface area contributed by atoms with E-state index in [0.29, 0.717) is 10.9 Å². The van der Waals surface area contributed by atoms with E-state index in [-0.39, 0.29) is 10.5 Å². The lowest BCUT2D eigenvalue weighted by atomic mass is 10.2. The van der Waals surface area contributed by atoms with Crippen LogP contribution >= 0.6 is 10.7 Å². The van der Waals surface area contributed by atoms with E-state index in [2.05, 4.69) is 0 Å². The normalized spacial score (nSPS) is 12.2. The standard InChI is InChI=1S/C9H9ClN2O3S/c1-11-8-6(9(13)12(11)2)4-3-5-7(8)16(10,14)15/h3-5H,1-2H3. The number of benzene rings is 1. The molecule has 0 N–H and O–H groups in total. The summed E-state index contributed by atoms with van der Waals surface area (Å²) in [4.78, 5) is 11.7. The van der Waals surface area contributed by atoms with Crippen LogP contribution in [-0.2, 0) is 23.1 Å². The fourth-order valence-corrected chi connectivity index (χ4v) is 2.77. The van der Waals surface area contributed by atoms with Crippen molar-refractivity contribution < 1.29 is 8.42 Å². The van der Waals surface area contributed by atoms with Gasteiger partial charge >= 0.3 is 0 Å². The highest BCUT2D eigenvalue weighted by Gasteiger charge is 2.19. The van der Waals surface area contributed by atoms with Gasteiger partial charge in [0.2, 0.25) is 0 Å². The first-order chi connectivity index (χ1) is 7.34. The lowest BCUT2D eigenvalue weighted by molar-refractivity contribution is 0.589. The second-order valence-corrected chi connectivity index (χ2v) is 5.98. The van der Waals surface area contributed by atoms with Crippen LogP contribution in [0.5, 0.6) is 0 Å². The molecular formula is C9H9ClN2O3S. The highest BCUT2D eigenvalue weighted by atomic mass is 35.7. The Kier molecular flexibility index (Phi) is 2.36. The van der Waals surface area contributed by atoms with E-state index in [1.165, 1.54) is 21.5 Å². The van der Waals surface area contributed by atoms with Gasteiger partial charge in [-0.3, -0.25) is 14.2 Å². The number of aromatic nitrogens is 2. The zero-order chi connectivity index (χ0) is 12.1. The van der Waals surface area contributed by atoms with E-state index in [1.807, 2.05) is 0 Å². The maximum atomic E-state index is 11.7. The SMILES string of the molecule is Cn1c(=O)c2cccc(S(=O)(=O)Cl)c2n1C. The minimum atomic E-state index is -3.86. The number of hydrogen-bond donors (Lipinski definition) is 0. The molecule has 0 aliphatic rings. The smallest absolute Gasteiger partial charge is 0.274 e. The van der Waals surface area contributed by atoms with Crippen molar-refractivity contribution in [2.45, 2.75) is 4.90 Å². The lowest BCUT2D eigenvalue weighted by Crippen LogP contribution is -2.16. The molecular weight excluding hydrogens is 252 g/mol. The van der Waals surface area contributed by atoms with Crippen LogP contribution in [0.15, 0.2) is 27.9 Å². The predicted molar refractivity (Wildman–Crippen MR) is 61.2 cm³/mol. The van der Waals surface area contributed by atoms with Crippen molar-refractivity contribution in [1.82, 2.24) is 9.36 Å². The molecule has 7 heteroatoms. The highest BCUT2D eigenvalue weighted by molar-refractivity contribution is 8.14. The van der Waals surface area contributed by atoms with Crippen molar-refractivity contribution in [3.8, 4) is 0 Å². The lowest BCUT2D eigenvalue weighted by Gasteiger charge is -2.03. The average molecular weight is 261 g/mol. The number of halogens is 1. The van der Waals surface area contributed by atoms with Crippen LogP contribution in [0.3, 0.4) is 0 Å². The molecule has 0 aliphatic carbocycles. The Morgan fingerprint density at radius 2 is 1.81 bits per heavy atom. The maximum Gasteiger partial charge on any atom is 0.274 e. The Balaban J connectivity index is 3.12. The van der Waals surface area contributed by atoms with Crippen molar-refractivity contribution in [1.29, 1.82) is 0 Å². The van der Waals surface area contributed by atoms with Gasteiger partial charge in [0.25, 0.3) is 14.6 Å². The van der Waals surface area contributed by atoms with Gasteiger partial charge in [-0.2, -0.15) is 0 Å². The van der Waals surface area contributed by atoms with E-state index < -0.39 is 9.05 Å². The van der Waals surface area contributed by atoms with E-state index >= 15 is 0 Å². The molecule has 0 spiro atoms. The molecule has 2 aromatic rings. The Morgan fingerprint density at radius 1 is 1.19 bits per heavy atom. The van der Waals surface area contributed by atoms with E-state index in [1.54, 1.807) is 20.2 Å². The third-order valence-electron chi connectivity index (χ3n) is 2.56. The fraction of sp³-hybridized carbons (Fsp3) is 0.222. The molecule has 0 bridgehead atoms. The third kappa shape index (κ3) is 1.45. The number of hydrogen-bond acceptors (Lipinski definition) is 3. The number of para-hydroxylation sites is 1. The van der Waals surface area contributed by atoms with Crippen molar-refractivity contribution >= 4 is 30.6 Å². The van der Waals surface area contributed by atoms with Crippen LogP contribution in [0.4, 0.5) is 0 Å². The molecule has 0 saturated heterocycles. The molecule has 0 unspecified atom stereocenters. The van der Waals surface area contributed by atoms with E-state index in [0.717, 1.165) is 0 Å². The van der Waals surface area contributed by atoms with Crippen molar-refractivity contribution in [3.05, 3.63) is 28.6 Å². The number of fused-ring (bicyclic) bond motifs is 1. The summed E-state index contributed by atoms with van der Waals surface area (Å²) >= 11 is 0. The molecule has 1 heterocycles. The van der Waals surface area contributed by atoms with Gasteiger partial charge in [-0.05, 0) is 12.1 Å². The zero-order valence-electron chi connectivity index (χ0n) is 8.64. The molecule has 0 amide bonds. The molecule has 5 nitrogen and oxygen atoms in total. The van der Waals surface area contributed by atoms with Gasteiger partial charge in [-0.25, -0.2) is 8.42 Å². The molecule has 0 atom stereocenters. The molecule has 2 rings (SSSR count). The number of aryl methyl sites for hydroxylation is 1. The van der Waals surface area contributed by atoms with E-state index in [9.17, 15) is 13.2 Å². The predicted octanol–water partition coefficient (Wildman–Crippen LogP) is 0.804. The minimum absolute atomic E-state index is 0.0492. The second kappa shape index (κ2) is 3.36. The zero-order valence-corrected chi connectivity index (χ0v) is 10.2. The molecule has 86 valence electrons. The molecule has 0 saturated carbocycles. The van der Waals surface area contributed by atoms with Crippen LogP contribution in [-0.4, -0.2) is 17.8 Å². The average Bonchev–Trinajstić information content (AvgIpc) is 2.43. The van der Waals surface area contributed by atoms with Crippen LogP contribution in [0.1, 0.15) is 0 Å². The first kappa shape index (κ1) is 11.2.